The number of sulfonamides is 1. The van der Waals surface area contributed by atoms with Gasteiger partial charge >= 0.3 is 0 Å². The number of nitrogens with zero attached hydrogens (tertiary/aromatic N) is 6. The van der Waals surface area contributed by atoms with Crippen LogP contribution in [0.25, 0.3) is 10.8 Å². The van der Waals surface area contributed by atoms with E-state index in [9.17, 15) is 47.9 Å². The van der Waals surface area contributed by atoms with Crippen LogP contribution in [0.4, 0.5) is 56.9 Å². The molecule has 0 aromatic heterocycles. The van der Waals surface area contributed by atoms with Gasteiger partial charge in [-0.15, -0.1) is 15.3 Å². The summed E-state index contributed by atoms with van der Waals surface area (Å²) >= 11 is 0. The second-order valence-corrected chi connectivity index (χ2v) is 19.1. The maximum absolute atomic E-state index is 13.2. The number of nitrogens with two attached hydrogens (primary N) is 2. The predicted octanol–water partition coefficient (Wildman–Crippen LogP) is 8.21. The number of hydrogen-bond donors (Lipinski definition) is 7. The SMILES string of the molecule is C=CS(=O)(=O)c1ccc(/N=N/c2c(S(=O)(=O)O)cc3cc(S(=O)(=O)O)c(/N=N/c4ccc(S(=O)(=O)Nc5ccc(/N=N/c6ccc(NC)cc6N)cc5)cc4)c(O)c3c2N)cc1. The number of phenols is 1. The van der Waals surface area contributed by atoms with Crippen molar-refractivity contribution < 1.29 is 47.9 Å². The predicted molar refractivity (Wildman–Crippen MR) is 230 cm³/mol. The molecule has 0 unspecified atom stereocenters. The number of nitrogens with one attached hydrogen (secondary N) is 2. The molecule has 0 bridgehead atoms. The molecule has 6 aromatic carbocycles. The van der Waals surface area contributed by atoms with Crippen molar-refractivity contribution in [2.24, 2.45) is 30.7 Å². The zero-order valence-electron chi connectivity index (χ0n) is 31.7. The highest BCUT2D eigenvalue weighted by Crippen LogP contribution is 2.48. The van der Waals surface area contributed by atoms with Gasteiger partial charge in [-0.05, 0) is 109 Å². The Morgan fingerprint density at radius 1 is 0.597 bits per heavy atom. The number of hydrogen-bond acceptors (Lipinski definition) is 18. The molecule has 0 aliphatic heterocycles. The molecule has 6 rings (SSSR count). The van der Waals surface area contributed by atoms with Crippen molar-refractivity contribution in [3.05, 3.63) is 115 Å². The van der Waals surface area contributed by atoms with Crippen molar-refractivity contribution >= 4 is 108 Å². The van der Waals surface area contributed by atoms with Gasteiger partial charge in [0.2, 0.25) is 0 Å². The van der Waals surface area contributed by atoms with Crippen LogP contribution in [0.3, 0.4) is 0 Å². The summed E-state index contributed by atoms with van der Waals surface area (Å²) in [7, 11) is -16.6. The Morgan fingerprint density at radius 2 is 1.06 bits per heavy atom. The van der Waals surface area contributed by atoms with E-state index < -0.39 is 83.5 Å². The number of azo groups is 3. The zero-order valence-corrected chi connectivity index (χ0v) is 34.9. The van der Waals surface area contributed by atoms with E-state index in [-0.39, 0.29) is 26.9 Å². The Labute approximate surface area is 353 Å². The first-order valence-electron chi connectivity index (χ1n) is 17.2. The summed E-state index contributed by atoms with van der Waals surface area (Å²) in [6.07, 6.45) is 0. The molecule has 0 saturated carbocycles. The van der Waals surface area contributed by atoms with Gasteiger partial charge < -0.3 is 21.9 Å². The van der Waals surface area contributed by atoms with Crippen molar-refractivity contribution in [3.8, 4) is 5.75 Å². The Hall–Kier alpha value is -7.16. The largest absolute Gasteiger partial charge is 0.505 e. The van der Waals surface area contributed by atoms with Crippen LogP contribution in [0.5, 0.6) is 5.75 Å². The minimum atomic E-state index is -5.23. The number of nitrogen functional groups attached to an aromatic ring is 2. The molecule has 0 saturated heterocycles. The number of aromatic hydroxyl groups is 1. The van der Waals surface area contributed by atoms with Crippen LogP contribution < -0.4 is 21.5 Å². The van der Waals surface area contributed by atoms with E-state index >= 15 is 0 Å². The van der Waals surface area contributed by atoms with Gasteiger partial charge in [0.05, 0.1) is 43.6 Å². The van der Waals surface area contributed by atoms with E-state index in [1.165, 1.54) is 60.7 Å². The van der Waals surface area contributed by atoms with Gasteiger partial charge in [-0.2, -0.15) is 32.2 Å². The van der Waals surface area contributed by atoms with Gasteiger partial charge in [-0.3, -0.25) is 13.8 Å². The van der Waals surface area contributed by atoms with E-state index in [1.54, 1.807) is 25.2 Å². The molecule has 9 N–H and O–H groups in total. The van der Waals surface area contributed by atoms with Gasteiger partial charge in [0.25, 0.3) is 30.3 Å². The summed E-state index contributed by atoms with van der Waals surface area (Å²) in [5.74, 6) is -1.03. The van der Waals surface area contributed by atoms with E-state index in [4.69, 9.17) is 11.5 Å². The molecule has 0 atom stereocenters. The molecule has 25 heteroatoms. The molecule has 62 heavy (non-hydrogen) atoms. The van der Waals surface area contributed by atoms with Gasteiger partial charge in [-0.1, -0.05) is 6.58 Å². The van der Waals surface area contributed by atoms with Crippen LogP contribution in [0.2, 0.25) is 0 Å². The Bertz CT molecular complexity index is 3310. The molecule has 21 nitrogen and oxygen atoms in total. The molecule has 320 valence electrons. The van der Waals surface area contributed by atoms with Crippen molar-refractivity contribution in [2.45, 2.75) is 19.6 Å². The van der Waals surface area contributed by atoms with Crippen LogP contribution in [-0.4, -0.2) is 54.9 Å². The minimum absolute atomic E-state index is 0.00366. The van der Waals surface area contributed by atoms with Crippen LogP contribution in [0.1, 0.15) is 0 Å². The molecule has 0 aliphatic carbocycles. The third kappa shape index (κ3) is 9.72. The van der Waals surface area contributed by atoms with Gasteiger partial charge in [-0.25, -0.2) is 16.8 Å². The van der Waals surface area contributed by atoms with E-state index in [0.29, 0.717) is 29.2 Å². The first kappa shape index (κ1) is 44.4. The lowest BCUT2D eigenvalue weighted by Gasteiger charge is -2.14. The smallest absolute Gasteiger partial charge is 0.296 e. The summed E-state index contributed by atoms with van der Waals surface area (Å²) in [6.45, 7) is 3.24. The van der Waals surface area contributed by atoms with Gasteiger partial charge in [0, 0.05) is 23.8 Å². The number of rotatable bonds is 14. The maximum atomic E-state index is 13.2. The van der Waals surface area contributed by atoms with Crippen LogP contribution in [0, 0.1) is 0 Å². The lowest BCUT2D eigenvalue weighted by molar-refractivity contribution is 0.472. The Morgan fingerprint density at radius 3 is 1.56 bits per heavy atom. The fourth-order valence-corrected chi connectivity index (χ4v) is 8.63. The third-order valence-corrected chi connectivity index (χ3v) is 13.1. The number of anilines is 4. The average Bonchev–Trinajstić information content (AvgIpc) is 3.22. The topological polar surface area (TPSA) is 348 Å². The normalized spacial score (nSPS) is 12.7. The summed E-state index contributed by atoms with van der Waals surface area (Å²) in [6, 6.07) is 22.1. The minimum Gasteiger partial charge on any atom is -0.505 e. The molecule has 0 spiro atoms. The number of benzene rings is 6. The summed E-state index contributed by atoms with van der Waals surface area (Å²) < 4.78 is 123. The molecule has 0 heterocycles. The standard InChI is InChI=1S/C37H32N10O11S4/c1-3-59(49,50)27-13-8-23(9-14-27)42-45-35-31(61(53,54)55)18-21-19-32(62(56,57)58)36(37(48)33(21)34(35)39)46-43-24-10-15-28(16-11-24)60(51,52)47-25-6-4-22(5-7-25)41-44-30-17-12-26(40-2)20-29(30)38/h3-20,40,47-48H,1,38-39H2,2H3,(H,53,54,55)(H,56,57,58)/b44-41+,45-42+,46-43+. The Kier molecular flexibility index (Phi) is 12.2. The number of fused-ring (bicyclic) bond motifs is 1. The first-order valence-corrected chi connectivity index (χ1v) is 23.1. The molecule has 6 aromatic rings. The molecule has 0 aliphatic rings. The van der Waals surface area contributed by atoms with E-state index in [2.05, 4.69) is 47.3 Å². The fraction of sp³-hybridized carbons (Fsp3) is 0.0270. The Balaban J connectivity index is 1.28. The van der Waals surface area contributed by atoms with Crippen LogP contribution in [-0.2, 0) is 40.1 Å². The molecule has 0 amide bonds. The summed E-state index contributed by atoms with van der Waals surface area (Å²) in [5, 5.41) is 37.8. The maximum Gasteiger partial charge on any atom is 0.296 e. The van der Waals surface area contributed by atoms with Crippen LogP contribution in [0.15, 0.2) is 165 Å². The number of phenolic OH excluding ortho intramolecular Hbond substituents is 1. The molecule has 0 radical (unpaired) electrons. The lowest BCUT2D eigenvalue weighted by Crippen LogP contribution is -2.12. The lowest BCUT2D eigenvalue weighted by atomic mass is 10.1. The van der Waals surface area contributed by atoms with Crippen molar-refractivity contribution in [2.75, 3.05) is 28.6 Å². The van der Waals surface area contributed by atoms with Gasteiger partial charge in [0.15, 0.2) is 15.6 Å². The third-order valence-electron chi connectivity index (χ3n) is 8.64. The fourth-order valence-electron chi connectivity index (χ4n) is 5.53. The highest BCUT2D eigenvalue weighted by Gasteiger charge is 2.28. The quantitative estimate of drug-likeness (QED) is 0.0307. The molecule has 0 fully saturated rings. The molecular weight excluding hydrogens is 889 g/mol. The summed E-state index contributed by atoms with van der Waals surface area (Å²) in [5.41, 5.74) is 12.2. The zero-order chi connectivity index (χ0) is 45.2. The second-order valence-electron chi connectivity index (χ2n) is 12.7. The van der Waals surface area contributed by atoms with Gasteiger partial charge in [0.1, 0.15) is 26.9 Å². The second kappa shape index (κ2) is 17.1. The monoisotopic (exact) mass is 920 g/mol. The van der Waals surface area contributed by atoms with E-state index in [1.807, 2.05) is 0 Å². The first-order chi connectivity index (χ1) is 29.1. The number of sulfone groups is 1. The molecular formula is C37H32N10O11S4. The van der Waals surface area contributed by atoms with Crippen molar-refractivity contribution in [3.63, 3.8) is 0 Å². The van der Waals surface area contributed by atoms with Crippen LogP contribution >= 0.6 is 0 Å². The van der Waals surface area contributed by atoms with E-state index in [0.717, 1.165) is 23.2 Å². The van der Waals surface area contributed by atoms with Crippen molar-refractivity contribution in [1.82, 2.24) is 0 Å². The highest BCUT2D eigenvalue weighted by molar-refractivity contribution is 7.94. The summed E-state index contributed by atoms with van der Waals surface area (Å²) in [4.78, 5) is -2.38. The van der Waals surface area contributed by atoms with Crippen molar-refractivity contribution in [1.29, 1.82) is 0 Å². The average molecular weight is 921 g/mol. The highest BCUT2D eigenvalue weighted by atomic mass is 32.2.